The van der Waals surface area contributed by atoms with Crippen molar-refractivity contribution in [2.45, 2.75) is 6.04 Å². The number of amides is 2. The van der Waals surface area contributed by atoms with Crippen molar-refractivity contribution in [1.29, 1.82) is 0 Å². The van der Waals surface area contributed by atoms with E-state index in [9.17, 15) is 18.8 Å². The summed E-state index contributed by atoms with van der Waals surface area (Å²) in [6.45, 7) is 0. The van der Waals surface area contributed by atoms with Crippen LogP contribution in [0.3, 0.4) is 0 Å². The molecule has 2 aliphatic rings. The normalized spacial score (nSPS) is 23.7. The van der Waals surface area contributed by atoms with Crippen LogP contribution < -0.4 is 10.3 Å². The third-order valence-electron chi connectivity index (χ3n) is 3.41. The van der Waals surface area contributed by atoms with Gasteiger partial charge in [0, 0.05) is 0 Å². The van der Waals surface area contributed by atoms with Crippen LogP contribution in [0.1, 0.15) is 0 Å². The molecule has 21 heavy (non-hydrogen) atoms. The molecule has 2 aliphatic heterocycles. The molecule has 0 radical (unpaired) electrons. The highest BCUT2D eigenvalue weighted by molar-refractivity contribution is 6.46. The van der Waals surface area contributed by atoms with Crippen LogP contribution in [-0.2, 0) is 19.1 Å². The van der Waals surface area contributed by atoms with Crippen molar-refractivity contribution in [1.82, 2.24) is 5.43 Å². The molecule has 1 aromatic carbocycles. The van der Waals surface area contributed by atoms with Gasteiger partial charge in [-0.05, 0) is 12.1 Å². The van der Waals surface area contributed by atoms with Crippen LogP contribution in [0.15, 0.2) is 29.4 Å². The van der Waals surface area contributed by atoms with Gasteiger partial charge in [-0.3, -0.25) is 15.0 Å². The minimum Gasteiger partial charge on any atom is -0.464 e. The number of carbonyl (C=O) groups excluding carboxylic acids is 3. The SMILES string of the molecule is COC(=O)C1=NN[C@H]2C(=O)N(c3ccccc3F)C(=O)[C@H]12. The number of fused-ring (bicyclic) bond motifs is 1. The highest BCUT2D eigenvalue weighted by Crippen LogP contribution is 2.31. The number of halogens is 1. The predicted octanol–water partition coefficient (Wildman–Crippen LogP) is -0.184. The fraction of sp³-hybridized carbons (Fsp3) is 0.231. The van der Waals surface area contributed by atoms with Crippen LogP contribution >= 0.6 is 0 Å². The lowest BCUT2D eigenvalue weighted by Crippen LogP contribution is -2.36. The zero-order valence-electron chi connectivity index (χ0n) is 10.9. The molecule has 0 aromatic heterocycles. The summed E-state index contributed by atoms with van der Waals surface area (Å²) in [4.78, 5) is 36.9. The molecular formula is C13H10FN3O4. The Bertz CT molecular complexity index is 688. The van der Waals surface area contributed by atoms with Gasteiger partial charge in [-0.15, -0.1) is 0 Å². The number of nitrogens with zero attached hydrogens (tertiary/aromatic N) is 2. The Balaban J connectivity index is 2.00. The van der Waals surface area contributed by atoms with Gasteiger partial charge < -0.3 is 4.74 Å². The average Bonchev–Trinajstić information content (AvgIpc) is 3.01. The second kappa shape index (κ2) is 4.65. The van der Waals surface area contributed by atoms with Gasteiger partial charge in [-0.25, -0.2) is 14.1 Å². The molecule has 1 fully saturated rings. The summed E-state index contributed by atoms with van der Waals surface area (Å²) in [7, 11) is 1.15. The number of benzene rings is 1. The van der Waals surface area contributed by atoms with Gasteiger partial charge in [-0.1, -0.05) is 12.1 Å². The Morgan fingerprint density at radius 1 is 1.33 bits per heavy atom. The Labute approximate surface area is 118 Å². The van der Waals surface area contributed by atoms with Gasteiger partial charge >= 0.3 is 5.97 Å². The van der Waals surface area contributed by atoms with Crippen LogP contribution in [0.2, 0.25) is 0 Å². The summed E-state index contributed by atoms with van der Waals surface area (Å²) in [6, 6.07) is 4.42. The molecule has 7 nitrogen and oxygen atoms in total. The number of nitrogens with one attached hydrogen (secondary N) is 1. The summed E-state index contributed by atoms with van der Waals surface area (Å²) in [6.07, 6.45) is 0. The van der Waals surface area contributed by atoms with Crippen LogP contribution in [0.5, 0.6) is 0 Å². The van der Waals surface area contributed by atoms with Gasteiger partial charge in [0.05, 0.1) is 12.8 Å². The van der Waals surface area contributed by atoms with E-state index < -0.39 is 35.6 Å². The van der Waals surface area contributed by atoms with Crippen LogP contribution in [0.25, 0.3) is 0 Å². The van der Waals surface area contributed by atoms with E-state index in [1.807, 2.05) is 0 Å². The van der Waals surface area contributed by atoms with E-state index in [4.69, 9.17) is 0 Å². The van der Waals surface area contributed by atoms with Crippen molar-refractivity contribution in [2.75, 3.05) is 12.0 Å². The van der Waals surface area contributed by atoms with Crippen molar-refractivity contribution >= 4 is 29.2 Å². The number of anilines is 1. The average molecular weight is 291 g/mol. The molecule has 0 spiro atoms. The summed E-state index contributed by atoms with van der Waals surface area (Å²) >= 11 is 0. The first-order valence-corrected chi connectivity index (χ1v) is 6.10. The van der Waals surface area contributed by atoms with E-state index in [0.29, 0.717) is 0 Å². The standard InChI is InChI=1S/C13H10FN3O4/c1-21-13(20)10-8-9(15-16-10)12(19)17(11(8)18)7-5-3-2-4-6(7)14/h2-5,8-9,15H,1H3/t8-,9+/m0/s1. The van der Waals surface area contributed by atoms with Crippen molar-refractivity contribution in [3.05, 3.63) is 30.1 Å². The van der Waals surface area contributed by atoms with Crippen molar-refractivity contribution in [3.63, 3.8) is 0 Å². The summed E-state index contributed by atoms with van der Waals surface area (Å²) in [5.74, 6) is -3.95. The van der Waals surface area contributed by atoms with Crippen molar-refractivity contribution in [2.24, 2.45) is 11.0 Å². The molecule has 108 valence electrons. The first kappa shape index (κ1) is 13.2. The molecular weight excluding hydrogens is 281 g/mol. The van der Waals surface area contributed by atoms with Gasteiger partial charge in [0.2, 0.25) is 5.91 Å². The number of imide groups is 1. The second-order valence-corrected chi connectivity index (χ2v) is 4.54. The number of para-hydroxylation sites is 1. The third kappa shape index (κ3) is 1.79. The quantitative estimate of drug-likeness (QED) is 0.603. The number of methoxy groups -OCH3 is 1. The van der Waals surface area contributed by atoms with E-state index in [2.05, 4.69) is 15.3 Å². The maximum atomic E-state index is 13.8. The lowest BCUT2D eigenvalue weighted by molar-refractivity contribution is -0.133. The van der Waals surface area contributed by atoms with E-state index in [1.54, 1.807) is 0 Å². The molecule has 2 heterocycles. The predicted molar refractivity (Wildman–Crippen MR) is 68.8 cm³/mol. The summed E-state index contributed by atoms with van der Waals surface area (Å²) in [5, 5.41) is 3.67. The molecule has 0 aliphatic carbocycles. The zero-order valence-corrected chi connectivity index (χ0v) is 10.9. The summed E-state index contributed by atoms with van der Waals surface area (Å²) < 4.78 is 18.3. The van der Waals surface area contributed by atoms with E-state index in [1.165, 1.54) is 18.2 Å². The molecule has 0 unspecified atom stereocenters. The fourth-order valence-electron chi connectivity index (χ4n) is 2.43. The minimum atomic E-state index is -1.09. The molecule has 2 atom stereocenters. The number of esters is 1. The highest BCUT2D eigenvalue weighted by Gasteiger charge is 2.56. The van der Waals surface area contributed by atoms with Crippen LogP contribution in [0, 0.1) is 11.7 Å². The third-order valence-corrected chi connectivity index (χ3v) is 3.41. The molecule has 0 saturated carbocycles. The number of ether oxygens (including phenoxy) is 1. The zero-order chi connectivity index (χ0) is 15.1. The molecule has 0 bridgehead atoms. The molecule has 1 N–H and O–H groups in total. The van der Waals surface area contributed by atoms with Crippen LogP contribution in [-0.4, -0.2) is 36.6 Å². The van der Waals surface area contributed by atoms with Crippen molar-refractivity contribution < 1.29 is 23.5 Å². The molecule has 3 rings (SSSR count). The lowest BCUT2D eigenvalue weighted by Gasteiger charge is -2.16. The van der Waals surface area contributed by atoms with Crippen LogP contribution in [0.4, 0.5) is 10.1 Å². The topological polar surface area (TPSA) is 88.1 Å². The lowest BCUT2D eigenvalue weighted by atomic mass is 9.99. The van der Waals surface area contributed by atoms with Gasteiger partial charge in [0.1, 0.15) is 17.8 Å². The van der Waals surface area contributed by atoms with Gasteiger partial charge in [0.25, 0.3) is 5.91 Å². The maximum absolute atomic E-state index is 13.8. The summed E-state index contributed by atoms with van der Waals surface area (Å²) in [5.41, 5.74) is 2.11. The van der Waals surface area contributed by atoms with E-state index >= 15 is 0 Å². The number of hydrazone groups is 1. The van der Waals surface area contributed by atoms with Gasteiger partial charge in [-0.2, -0.15) is 5.10 Å². The Morgan fingerprint density at radius 2 is 2.05 bits per heavy atom. The number of rotatable bonds is 2. The number of carbonyl (C=O) groups is 3. The molecule has 8 heteroatoms. The van der Waals surface area contributed by atoms with Gasteiger partial charge in [0.15, 0.2) is 5.71 Å². The Hall–Kier alpha value is -2.77. The molecule has 1 saturated heterocycles. The minimum absolute atomic E-state index is 0.145. The largest absolute Gasteiger partial charge is 0.464 e. The number of hydrogen-bond donors (Lipinski definition) is 1. The molecule has 1 aromatic rings. The number of hydrogen-bond acceptors (Lipinski definition) is 6. The maximum Gasteiger partial charge on any atom is 0.355 e. The van der Waals surface area contributed by atoms with E-state index in [0.717, 1.165) is 18.1 Å². The fourth-order valence-corrected chi connectivity index (χ4v) is 2.43. The second-order valence-electron chi connectivity index (χ2n) is 4.54. The molecule has 2 amide bonds. The Kier molecular flexibility index (Phi) is 2.93. The first-order valence-electron chi connectivity index (χ1n) is 6.10. The monoisotopic (exact) mass is 291 g/mol. The first-order chi connectivity index (χ1) is 10.1. The smallest absolute Gasteiger partial charge is 0.355 e. The van der Waals surface area contributed by atoms with E-state index in [-0.39, 0.29) is 11.4 Å². The van der Waals surface area contributed by atoms with Crippen molar-refractivity contribution in [3.8, 4) is 0 Å². The Morgan fingerprint density at radius 3 is 2.71 bits per heavy atom. The highest BCUT2D eigenvalue weighted by atomic mass is 19.1.